The summed E-state index contributed by atoms with van der Waals surface area (Å²) >= 11 is 0. The number of aryl methyl sites for hydroxylation is 3. The molecule has 142 valence electrons. The van der Waals surface area contributed by atoms with E-state index in [4.69, 9.17) is 0 Å². The van der Waals surface area contributed by atoms with Crippen molar-refractivity contribution in [1.82, 2.24) is 9.88 Å². The van der Waals surface area contributed by atoms with Crippen LogP contribution in [0, 0.1) is 13.8 Å². The molecule has 2 heteroatoms. The summed E-state index contributed by atoms with van der Waals surface area (Å²) in [5.74, 6) is 0.722. The molecule has 1 unspecified atom stereocenters. The molecule has 2 nitrogen and oxygen atoms in total. The molecule has 1 aromatic heterocycles. The largest absolute Gasteiger partial charge is 0.361 e. The van der Waals surface area contributed by atoms with Gasteiger partial charge in [-0.25, -0.2) is 0 Å². The molecule has 1 N–H and O–H groups in total. The second kappa shape index (κ2) is 8.31. The molecule has 27 heavy (non-hydrogen) atoms. The van der Waals surface area contributed by atoms with E-state index in [1.54, 1.807) is 0 Å². The predicted octanol–water partition coefficient (Wildman–Crippen LogP) is 5.99. The summed E-state index contributed by atoms with van der Waals surface area (Å²) in [6, 6.07) is 15.7. The monoisotopic (exact) mass is 360 g/mol. The Bertz CT molecular complexity index is 878. The number of H-pyrrole nitrogens is 1. The number of nitrogens with one attached hydrogen (secondary N) is 1. The van der Waals surface area contributed by atoms with Crippen molar-refractivity contribution in [3.63, 3.8) is 0 Å². The number of aromatic amines is 1. The zero-order valence-corrected chi connectivity index (χ0v) is 16.8. The molecule has 1 fully saturated rings. The van der Waals surface area contributed by atoms with Crippen LogP contribution in [-0.2, 0) is 6.42 Å². The maximum Gasteiger partial charge on any atom is 0.0459 e. The van der Waals surface area contributed by atoms with Crippen LogP contribution >= 0.6 is 0 Å². The Kier molecular flexibility index (Phi) is 5.63. The molecule has 0 spiro atoms. The smallest absolute Gasteiger partial charge is 0.0459 e. The Hall–Kier alpha value is -2.06. The number of rotatable bonds is 6. The maximum absolute atomic E-state index is 3.46. The highest BCUT2D eigenvalue weighted by molar-refractivity contribution is 5.84. The van der Waals surface area contributed by atoms with Gasteiger partial charge >= 0.3 is 0 Å². The van der Waals surface area contributed by atoms with E-state index in [2.05, 4.69) is 72.4 Å². The van der Waals surface area contributed by atoms with Gasteiger partial charge in [0.1, 0.15) is 0 Å². The van der Waals surface area contributed by atoms with Gasteiger partial charge in [-0.15, -0.1) is 0 Å². The minimum Gasteiger partial charge on any atom is -0.361 e. The number of aromatic nitrogens is 1. The number of hydrogen-bond donors (Lipinski definition) is 1. The van der Waals surface area contributed by atoms with Crippen molar-refractivity contribution >= 4 is 10.9 Å². The van der Waals surface area contributed by atoms with E-state index in [0.29, 0.717) is 0 Å². The Morgan fingerprint density at radius 3 is 2.70 bits per heavy atom. The van der Waals surface area contributed by atoms with Gasteiger partial charge in [0.15, 0.2) is 0 Å². The van der Waals surface area contributed by atoms with Crippen LogP contribution in [0.3, 0.4) is 0 Å². The average molecular weight is 361 g/mol. The van der Waals surface area contributed by atoms with E-state index in [0.717, 1.165) is 5.92 Å². The minimum absolute atomic E-state index is 0.722. The lowest BCUT2D eigenvalue weighted by Gasteiger charge is -2.33. The molecule has 3 aromatic rings. The molecule has 1 saturated heterocycles. The summed E-state index contributed by atoms with van der Waals surface area (Å²) in [6.45, 7) is 8.15. The lowest BCUT2D eigenvalue weighted by molar-refractivity contribution is 0.204. The molecular formula is C25H32N2. The van der Waals surface area contributed by atoms with Gasteiger partial charge in [-0.3, -0.25) is 0 Å². The third-order valence-corrected chi connectivity index (χ3v) is 6.33. The molecule has 2 heterocycles. The maximum atomic E-state index is 3.46. The minimum atomic E-state index is 0.722. The predicted molar refractivity (Wildman–Crippen MR) is 116 cm³/mol. The Morgan fingerprint density at radius 2 is 1.85 bits per heavy atom. The molecule has 1 aliphatic heterocycles. The van der Waals surface area contributed by atoms with Crippen molar-refractivity contribution in [1.29, 1.82) is 0 Å². The number of likely N-dealkylation sites (tertiary alicyclic amines) is 1. The standard InChI is InChI=1S/C25H32N2/c1-19-15-24-22(17-26-25(24)16-20(19)2)11-6-7-13-27-14-8-12-23(18-27)21-9-4-3-5-10-21/h3-5,9-10,15-17,23,26H,6-8,11-14,18H2,1-2H3. The number of nitrogens with zero attached hydrogens (tertiary/aromatic N) is 1. The molecular weight excluding hydrogens is 328 g/mol. The van der Waals surface area contributed by atoms with Crippen molar-refractivity contribution in [3.8, 4) is 0 Å². The zero-order valence-electron chi connectivity index (χ0n) is 16.8. The van der Waals surface area contributed by atoms with E-state index in [1.165, 1.54) is 84.9 Å². The first-order valence-corrected chi connectivity index (χ1v) is 10.6. The molecule has 0 amide bonds. The number of hydrogen-bond acceptors (Lipinski definition) is 1. The summed E-state index contributed by atoms with van der Waals surface area (Å²) in [5, 5.41) is 1.42. The van der Waals surface area contributed by atoms with Crippen LogP contribution in [0.1, 0.15) is 53.9 Å². The highest BCUT2D eigenvalue weighted by atomic mass is 15.1. The number of benzene rings is 2. The van der Waals surface area contributed by atoms with Crippen molar-refractivity contribution < 1.29 is 0 Å². The first-order valence-electron chi connectivity index (χ1n) is 10.6. The molecule has 0 saturated carbocycles. The van der Waals surface area contributed by atoms with Crippen LogP contribution in [0.2, 0.25) is 0 Å². The Balaban J connectivity index is 1.28. The lowest BCUT2D eigenvalue weighted by Crippen LogP contribution is -2.35. The molecule has 1 atom stereocenters. The molecule has 0 radical (unpaired) electrons. The van der Waals surface area contributed by atoms with Crippen LogP contribution in [0.25, 0.3) is 10.9 Å². The highest BCUT2D eigenvalue weighted by Gasteiger charge is 2.20. The van der Waals surface area contributed by atoms with Crippen LogP contribution in [0.5, 0.6) is 0 Å². The molecule has 2 aromatic carbocycles. The van der Waals surface area contributed by atoms with Gasteiger partial charge in [-0.1, -0.05) is 30.3 Å². The van der Waals surface area contributed by atoms with E-state index in [9.17, 15) is 0 Å². The van der Waals surface area contributed by atoms with Gasteiger partial charge in [-0.05, 0) is 99.3 Å². The van der Waals surface area contributed by atoms with E-state index in [1.807, 2.05) is 0 Å². The van der Waals surface area contributed by atoms with Crippen molar-refractivity contribution in [3.05, 3.63) is 70.9 Å². The number of fused-ring (bicyclic) bond motifs is 1. The second-order valence-electron chi connectivity index (χ2n) is 8.30. The summed E-state index contributed by atoms with van der Waals surface area (Å²) in [5.41, 5.74) is 7.05. The SMILES string of the molecule is Cc1cc2[nH]cc(CCCCN3CCCC(c4ccccc4)C3)c2cc1C. The van der Waals surface area contributed by atoms with E-state index < -0.39 is 0 Å². The third kappa shape index (κ3) is 4.27. The first-order chi connectivity index (χ1) is 13.2. The van der Waals surface area contributed by atoms with Crippen LogP contribution in [-0.4, -0.2) is 29.5 Å². The molecule has 4 rings (SSSR count). The van der Waals surface area contributed by atoms with E-state index in [-0.39, 0.29) is 0 Å². The van der Waals surface area contributed by atoms with Gasteiger partial charge in [-0.2, -0.15) is 0 Å². The summed E-state index contributed by atoms with van der Waals surface area (Å²) in [7, 11) is 0. The topological polar surface area (TPSA) is 19.0 Å². The van der Waals surface area contributed by atoms with Gasteiger partial charge in [0.25, 0.3) is 0 Å². The fourth-order valence-electron chi connectivity index (χ4n) is 4.56. The van der Waals surface area contributed by atoms with Gasteiger partial charge < -0.3 is 9.88 Å². The molecule has 0 aliphatic carbocycles. The zero-order chi connectivity index (χ0) is 18.6. The molecule has 0 bridgehead atoms. The van der Waals surface area contributed by atoms with Gasteiger partial charge in [0, 0.05) is 23.6 Å². The second-order valence-corrected chi connectivity index (χ2v) is 8.30. The Labute approximate surface area is 163 Å². The fourth-order valence-corrected chi connectivity index (χ4v) is 4.56. The highest BCUT2D eigenvalue weighted by Crippen LogP contribution is 2.27. The summed E-state index contributed by atoms with van der Waals surface area (Å²) in [4.78, 5) is 6.14. The summed E-state index contributed by atoms with van der Waals surface area (Å²) < 4.78 is 0. The Morgan fingerprint density at radius 1 is 1.04 bits per heavy atom. The van der Waals surface area contributed by atoms with Crippen molar-refractivity contribution in [2.24, 2.45) is 0 Å². The van der Waals surface area contributed by atoms with Crippen molar-refractivity contribution in [2.75, 3.05) is 19.6 Å². The van der Waals surface area contributed by atoms with Crippen LogP contribution < -0.4 is 0 Å². The number of unbranched alkanes of at least 4 members (excludes halogenated alkanes) is 1. The van der Waals surface area contributed by atoms with Crippen molar-refractivity contribution in [2.45, 2.75) is 51.9 Å². The number of piperidine rings is 1. The van der Waals surface area contributed by atoms with Gasteiger partial charge in [0.2, 0.25) is 0 Å². The quantitative estimate of drug-likeness (QED) is 0.535. The molecule has 1 aliphatic rings. The summed E-state index contributed by atoms with van der Waals surface area (Å²) in [6.07, 6.45) is 8.63. The average Bonchev–Trinajstić information content (AvgIpc) is 3.08. The fraction of sp³-hybridized carbons (Fsp3) is 0.440. The normalized spacial score (nSPS) is 18.2. The first kappa shape index (κ1) is 18.3. The van der Waals surface area contributed by atoms with Gasteiger partial charge in [0.05, 0.1) is 0 Å². The third-order valence-electron chi connectivity index (χ3n) is 6.33. The van der Waals surface area contributed by atoms with Crippen LogP contribution in [0.4, 0.5) is 0 Å². The van der Waals surface area contributed by atoms with Crippen LogP contribution in [0.15, 0.2) is 48.7 Å². The van der Waals surface area contributed by atoms with E-state index >= 15 is 0 Å². The lowest BCUT2D eigenvalue weighted by atomic mass is 9.90.